The molecule has 1 fully saturated rings. The Morgan fingerprint density at radius 1 is 1.19 bits per heavy atom. The number of hydrogen-bond donors (Lipinski definition) is 2. The van der Waals surface area contributed by atoms with Gasteiger partial charge < -0.3 is 20.3 Å². The summed E-state index contributed by atoms with van der Waals surface area (Å²) in [6.07, 6.45) is 4.76. The number of halogens is 1. The molecule has 1 aromatic carbocycles. The lowest BCUT2D eigenvalue weighted by atomic mass is 9.96. The molecule has 0 atom stereocenters. The van der Waals surface area contributed by atoms with Crippen molar-refractivity contribution < 1.29 is 19.1 Å². The van der Waals surface area contributed by atoms with Crippen molar-refractivity contribution in [3.05, 3.63) is 40.4 Å². The van der Waals surface area contributed by atoms with E-state index in [0.29, 0.717) is 25.6 Å². The Kier molecular flexibility index (Phi) is 9.55. The molecule has 31 heavy (non-hydrogen) atoms. The van der Waals surface area contributed by atoms with E-state index >= 15 is 0 Å². The van der Waals surface area contributed by atoms with Crippen LogP contribution in [0.2, 0.25) is 0 Å². The number of ether oxygens (including phenoxy) is 1. The standard InChI is InChI=1S/C23H32BrN3O4/c1-23(2,3)31-22(30)25-12-9-21(29)27-13-10-18(11-14-27)16-26-20(28)8-7-17-5-4-6-19(24)15-17/h4-8,15,18H,9-14,16H2,1-3H3,(H,25,30)(H,26,28)/b8-7+. The van der Waals surface area contributed by atoms with Crippen molar-refractivity contribution in [1.29, 1.82) is 0 Å². The lowest BCUT2D eigenvalue weighted by Crippen LogP contribution is -2.42. The van der Waals surface area contributed by atoms with Gasteiger partial charge in [0, 0.05) is 43.1 Å². The van der Waals surface area contributed by atoms with Gasteiger partial charge in [0.05, 0.1) is 0 Å². The van der Waals surface area contributed by atoms with E-state index in [2.05, 4.69) is 26.6 Å². The highest BCUT2D eigenvalue weighted by Crippen LogP contribution is 2.17. The largest absolute Gasteiger partial charge is 0.444 e. The molecule has 0 aliphatic carbocycles. The number of amides is 3. The second kappa shape index (κ2) is 11.9. The number of benzene rings is 1. The van der Waals surface area contributed by atoms with Crippen LogP contribution < -0.4 is 10.6 Å². The van der Waals surface area contributed by atoms with Crippen LogP contribution in [-0.2, 0) is 14.3 Å². The van der Waals surface area contributed by atoms with Gasteiger partial charge in [-0.25, -0.2) is 4.79 Å². The SMILES string of the molecule is CC(C)(C)OC(=O)NCCC(=O)N1CCC(CNC(=O)/C=C/c2cccc(Br)c2)CC1. The van der Waals surface area contributed by atoms with E-state index in [-0.39, 0.29) is 24.8 Å². The zero-order valence-electron chi connectivity index (χ0n) is 18.4. The fourth-order valence-corrected chi connectivity index (χ4v) is 3.63. The van der Waals surface area contributed by atoms with Gasteiger partial charge in [-0.05, 0) is 63.3 Å². The predicted molar refractivity (Wildman–Crippen MR) is 124 cm³/mol. The van der Waals surface area contributed by atoms with Crippen LogP contribution in [-0.4, -0.2) is 54.6 Å². The third kappa shape index (κ3) is 10.0. The molecule has 0 aromatic heterocycles. The van der Waals surface area contributed by atoms with Crippen LogP contribution in [0.3, 0.4) is 0 Å². The van der Waals surface area contributed by atoms with E-state index < -0.39 is 11.7 Å². The van der Waals surface area contributed by atoms with Crippen molar-refractivity contribution in [3.63, 3.8) is 0 Å². The minimum atomic E-state index is -0.556. The second-order valence-corrected chi connectivity index (χ2v) is 9.55. The summed E-state index contributed by atoms with van der Waals surface area (Å²) >= 11 is 3.41. The van der Waals surface area contributed by atoms with Crippen molar-refractivity contribution in [2.24, 2.45) is 5.92 Å². The second-order valence-electron chi connectivity index (χ2n) is 8.64. The highest BCUT2D eigenvalue weighted by molar-refractivity contribution is 9.10. The molecule has 0 saturated carbocycles. The molecular weight excluding hydrogens is 462 g/mol. The first kappa shape index (κ1) is 24.9. The fraction of sp³-hybridized carbons (Fsp3) is 0.522. The minimum Gasteiger partial charge on any atom is -0.444 e. The Bertz CT molecular complexity index is 796. The van der Waals surface area contributed by atoms with Gasteiger partial charge in [0.15, 0.2) is 0 Å². The normalized spacial score (nSPS) is 15.0. The molecular formula is C23H32BrN3O4. The Balaban J connectivity index is 1.62. The van der Waals surface area contributed by atoms with E-state index in [0.717, 1.165) is 22.9 Å². The Labute approximate surface area is 192 Å². The van der Waals surface area contributed by atoms with Crippen molar-refractivity contribution in [2.75, 3.05) is 26.2 Å². The fourth-order valence-electron chi connectivity index (χ4n) is 3.22. The summed E-state index contributed by atoms with van der Waals surface area (Å²) in [5, 5.41) is 5.56. The number of nitrogens with one attached hydrogen (secondary N) is 2. The number of rotatable bonds is 7. The average Bonchev–Trinajstić information content (AvgIpc) is 2.69. The number of nitrogens with zero attached hydrogens (tertiary/aromatic N) is 1. The third-order valence-electron chi connectivity index (χ3n) is 4.82. The number of alkyl carbamates (subject to hydrolysis) is 1. The number of carbonyl (C=O) groups excluding carboxylic acids is 3. The van der Waals surface area contributed by atoms with Gasteiger partial charge in [-0.1, -0.05) is 28.1 Å². The maximum atomic E-state index is 12.3. The van der Waals surface area contributed by atoms with Gasteiger partial charge in [-0.15, -0.1) is 0 Å². The highest BCUT2D eigenvalue weighted by Gasteiger charge is 2.23. The van der Waals surface area contributed by atoms with Gasteiger partial charge in [0.1, 0.15) is 5.60 Å². The molecule has 3 amide bonds. The van der Waals surface area contributed by atoms with E-state index in [1.54, 1.807) is 26.8 Å². The molecule has 7 nitrogen and oxygen atoms in total. The zero-order chi connectivity index (χ0) is 22.9. The number of carbonyl (C=O) groups is 3. The molecule has 0 unspecified atom stereocenters. The Morgan fingerprint density at radius 2 is 1.90 bits per heavy atom. The molecule has 0 spiro atoms. The predicted octanol–water partition coefficient (Wildman–Crippen LogP) is 3.73. The summed E-state index contributed by atoms with van der Waals surface area (Å²) in [7, 11) is 0. The van der Waals surface area contributed by atoms with E-state index in [4.69, 9.17) is 4.74 Å². The summed E-state index contributed by atoms with van der Waals surface area (Å²) in [6.45, 7) is 7.58. The maximum Gasteiger partial charge on any atom is 0.407 e. The van der Waals surface area contributed by atoms with Gasteiger partial charge in [-0.3, -0.25) is 9.59 Å². The van der Waals surface area contributed by atoms with Crippen LogP contribution in [0, 0.1) is 5.92 Å². The minimum absolute atomic E-state index is 0.0236. The number of piperidine rings is 1. The summed E-state index contributed by atoms with van der Waals surface area (Å²) < 4.78 is 6.13. The number of hydrogen-bond acceptors (Lipinski definition) is 4. The molecule has 8 heteroatoms. The van der Waals surface area contributed by atoms with E-state index in [1.807, 2.05) is 29.2 Å². The molecule has 1 aliphatic rings. The smallest absolute Gasteiger partial charge is 0.407 e. The first-order valence-corrected chi connectivity index (χ1v) is 11.4. The van der Waals surface area contributed by atoms with E-state index in [1.165, 1.54) is 6.08 Å². The summed E-state index contributed by atoms with van der Waals surface area (Å²) in [5.74, 6) is 0.259. The van der Waals surface area contributed by atoms with Crippen molar-refractivity contribution in [1.82, 2.24) is 15.5 Å². The van der Waals surface area contributed by atoms with Crippen LogP contribution in [0.1, 0.15) is 45.6 Å². The first-order chi connectivity index (χ1) is 14.6. The van der Waals surface area contributed by atoms with Crippen LogP contribution in [0.4, 0.5) is 4.79 Å². The van der Waals surface area contributed by atoms with Crippen molar-refractivity contribution >= 4 is 39.9 Å². The topological polar surface area (TPSA) is 87.7 Å². The lowest BCUT2D eigenvalue weighted by Gasteiger charge is -2.32. The lowest BCUT2D eigenvalue weighted by molar-refractivity contribution is -0.132. The van der Waals surface area contributed by atoms with Gasteiger partial charge >= 0.3 is 6.09 Å². The molecule has 2 rings (SSSR count). The summed E-state index contributed by atoms with van der Waals surface area (Å²) in [6, 6.07) is 7.74. The van der Waals surface area contributed by atoms with E-state index in [9.17, 15) is 14.4 Å². The van der Waals surface area contributed by atoms with Gasteiger partial charge in [-0.2, -0.15) is 0 Å². The molecule has 0 bridgehead atoms. The van der Waals surface area contributed by atoms with Gasteiger partial charge in [0.25, 0.3) is 0 Å². The van der Waals surface area contributed by atoms with Crippen molar-refractivity contribution in [3.8, 4) is 0 Å². The van der Waals surface area contributed by atoms with Crippen LogP contribution in [0.5, 0.6) is 0 Å². The molecule has 1 heterocycles. The molecule has 1 aromatic rings. The zero-order valence-corrected chi connectivity index (χ0v) is 20.0. The molecule has 1 saturated heterocycles. The number of likely N-dealkylation sites (tertiary alicyclic amines) is 1. The summed E-state index contributed by atoms with van der Waals surface area (Å²) in [4.78, 5) is 37.8. The Morgan fingerprint density at radius 3 is 2.55 bits per heavy atom. The molecule has 170 valence electrons. The van der Waals surface area contributed by atoms with Crippen LogP contribution in [0.15, 0.2) is 34.8 Å². The molecule has 2 N–H and O–H groups in total. The van der Waals surface area contributed by atoms with Crippen LogP contribution in [0.25, 0.3) is 6.08 Å². The monoisotopic (exact) mass is 493 g/mol. The van der Waals surface area contributed by atoms with Crippen LogP contribution >= 0.6 is 15.9 Å². The molecule has 0 radical (unpaired) electrons. The quantitative estimate of drug-likeness (QED) is 0.566. The average molecular weight is 494 g/mol. The van der Waals surface area contributed by atoms with Gasteiger partial charge in [0.2, 0.25) is 11.8 Å². The highest BCUT2D eigenvalue weighted by atomic mass is 79.9. The Hall–Kier alpha value is -2.35. The summed E-state index contributed by atoms with van der Waals surface area (Å²) in [5.41, 5.74) is 0.400. The van der Waals surface area contributed by atoms with Crippen molar-refractivity contribution in [2.45, 2.75) is 45.6 Å². The molecule has 1 aliphatic heterocycles. The first-order valence-electron chi connectivity index (χ1n) is 10.6. The maximum absolute atomic E-state index is 12.3. The third-order valence-corrected chi connectivity index (χ3v) is 5.31.